The van der Waals surface area contributed by atoms with Gasteiger partial charge in [-0.15, -0.1) is 0 Å². The number of nitriles is 1. The zero-order valence-electron chi connectivity index (χ0n) is 6.54. The van der Waals surface area contributed by atoms with E-state index in [1.165, 1.54) is 12.1 Å². The first kappa shape index (κ1) is 9.00. The van der Waals surface area contributed by atoms with Gasteiger partial charge in [-0.2, -0.15) is 5.26 Å². The zero-order chi connectivity index (χ0) is 9.84. The van der Waals surface area contributed by atoms with Crippen LogP contribution in [0.3, 0.4) is 0 Å². The highest BCUT2D eigenvalue weighted by Gasteiger charge is 2.02. The zero-order valence-corrected chi connectivity index (χ0v) is 6.54. The summed E-state index contributed by atoms with van der Waals surface area (Å²) in [6, 6.07) is 4.57. The van der Waals surface area contributed by atoms with E-state index in [0.29, 0.717) is 0 Å². The standard InChI is InChI=1S/C8H6FN3O/c9-7-3-6(12-8(11)13)2-1-5(7)4-10/h1-3H,(H3,11,12,13). The minimum Gasteiger partial charge on any atom is -0.351 e. The number of benzene rings is 1. The number of amides is 2. The van der Waals surface area contributed by atoms with Crippen LogP contribution in [0.25, 0.3) is 0 Å². The fraction of sp³-hybridized carbons (Fsp3) is 0. The monoisotopic (exact) mass is 179 g/mol. The van der Waals surface area contributed by atoms with Crippen molar-refractivity contribution in [3.8, 4) is 6.07 Å². The van der Waals surface area contributed by atoms with E-state index >= 15 is 0 Å². The van der Waals surface area contributed by atoms with Crippen molar-refractivity contribution in [2.24, 2.45) is 5.73 Å². The first-order chi connectivity index (χ1) is 6.13. The minimum absolute atomic E-state index is 0.0741. The molecule has 0 aliphatic heterocycles. The molecule has 0 fully saturated rings. The van der Waals surface area contributed by atoms with E-state index in [0.717, 1.165) is 6.07 Å². The first-order valence-corrected chi connectivity index (χ1v) is 3.39. The Hall–Kier alpha value is -2.09. The van der Waals surface area contributed by atoms with Gasteiger partial charge in [-0.25, -0.2) is 9.18 Å². The molecule has 0 unspecified atom stereocenters. The van der Waals surface area contributed by atoms with Crippen molar-refractivity contribution in [2.75, 3.05) is 5.32 Å². The summed E-state index contributed by atoms with van der Waals surface area (Å²) in [5, 5.41) is 10.6. The SMILES string of the molecule is N#Cc1ccc(NC(N)=O)cc1F. The third kappa shape index (κ3) is 2.17. The number of hydrogen-bond acceptors (Lipinski definition) is 2. The van der Waals surface area contributed by atoms with Crippen LogP contribution in [0.5, 0.6) is 0 Å². The van der Waals surface area contributed by atoms with Crippen LogP contribution in [0.1, 0.15) is 5.56 Å². The smallest absolute Gasteiger partial charge is 0.316 e. The predicted molar refractivity (Wildman–Crippen MR) is 44.3 cm³/mol. The molecular weight excluding hydrogens is 173 g/mol. The van der Waals surface area contributed by atoms with E-state index in [4.69, 9.17) is 11.0 Å². The van der Waals surface area contributed by atoms with Crippen molar-refractivity contribution in [1.29, 1.82) is 5.26 Å². The topological polar surface area (TPSA) is 78.9 Å². The van der Waals surface area contributed by atoms with Gasteiger partial charge in [0.2, 0.25) is 0 Å². The van der Waals surface area contributed by atoms with Gasteiger partial charge in [-0.1, -0.05) is 0 Å². The van der Waals surface area contributed by atoms with Gasteiger partial charge >= 0.3 is 6.03 Å². The summed E-state index contributed by atoms with van der Waals surface area (Å²) in [6.07, 6.45) is 0. The molecule has 3 N–H and O–H groups in total. The summed E-state index contributed by atoms with van der Waals surface area (Å²) in [6.45, 7) is 0. The van der Waals surface area contributed by atoms with Gasteiger partial charge in [0.15, 0.2) is 0 Å². The van der Waals surface area contributed by atoms with Crippen molar-refractivity contribution >= 4 is 11.7 Å². The fourth-order valence-corrected chi connectivity index (χ4v) is 0.826. The molecule has 1 rings (SSSR count). The molecular formula is C8H6FN3O. The van der Waals surface area contributed by atoms with Gasteiger partial charge in [0.05, 0.1) is 5.56 Å². The van der Waals surface area contributed by atoms with Crippen LogP contribution in [0, 0.1) is 17.1 Å². The second-order valence-electron chi connectivity index (χ2n) is 2.30. The molecule has 0 radical (unpaired) electrons. The number of halogens is 1. The molecule has 0 aliphatic rings. The lowest BCUT2D eigenvalue weighted by molar-refractivity contribution is 0.259. The molecule has 13 heavy (non-hydrogen) atoms. The molecule has 0 atom stereocenters. The van der Waals surface area contributed by atoms with E-state index in [1.807, 2.05) is 0 Å². The first-order valence-electron chi connectivity index (χ1n) is 3.39. The number of hydrogen-bond donors (Lipinski definition) is 2. The second-order valence-corrected chi connectivity index (χ2v) is 2.30. The van der Waals surface area contributed by atoms with E-state index in [-0.39, 0.29) is 11.3 Å². The Morgan fingerprint density at radius 1 is 1.62 bits per heavy atom. The highest BCUT2D eigenvalue weighted by atomic mass is 19.1. The van der Waals surface area contributed by atoms with Gasteiger partial charge in [0.25, 0.3) is 0 Å². The maximum Gasteiger partial charge on any atom is 0.316 e. The number of anilines is 1. The number of carbonyl (C=O) groups excluding carboxylic acids is 1. The summed E-state index contributed by atoms with van der Waals surface area (Å²) in [5.74, 6) is -0.686. The van der Waals surface area contributed by atoms with Gasteiger partial charge < -0.3 is 11.1 Å². The number of rotatable bonds is 1. The van der Waals surface area contributed by atoms with Crippen molar-refractivity contribution in [3.05, 3.63) is 29.6 Å². The molecule has 5 heteroatoms. The number of nitrogens with two attached hydrogens (primary N) is 1. The molecule has 4 nitrogen and oxygen atoms in total. The van der Waals surface area contributed by atoms with Gasteiger partial charge in [-0.3, -0.25) is 0 Å². The largest absolute Gasteiger partial charge is 0.351 e. The molecule has 0 heterocycles. The average Bonchev–Trinajstić information content (AvgIpc) is 2.03. The summed E-state index contributed by atoms with van der Waals surface area (Å²) in [5.41, 5.74) is 4.96. The summed E-state index contributed by atoms with van der Waals surface area (Å²) < 4.78 is 12.9. The molecule has 0 saturated heterocycles. The number of primary amides is 1. The Labute approximate surface area is 73.8 Å². The molecule has 0 saturated carbocycles. The van der Waals surface area contributed by atoms with Crippen LogP contribution in [0.4, 0.5) is 14.9 Å². The van der Waals surface area contributed by atoms with E-state index in [1.54, 1.807) is 6.07 Å². The van der Waals surface area contributed by atoms with Gasteiger partial charge in [0.1, 0.15) is 11.9 Å². The molecule has 0 aliphatic carbocycles. The molecule has 0 aromatic heterocycles. The average molecular weight is 179 g/mol. The summed E-state index contributed by atoms with van der Waals surface area (Å²) in [7, 11) is 0. The Balaban J connectivity index is 2.97. The van der Waals surface area contributed by atoms with Crippen molar-refractivity contribution < 1.29 is 9.18 Å². The van der Waals surface area contributed by atoms with Crippen molar-refractivity contribution in [2.45, 2.75) is 0 Å². The van der Waals surface area contributed by atoms with Gasteiger partial charge in [0, 0.05) is 5.69 Å². The third-order valence-electron chi connectivity index (χ3n) is 1.36. The lowest BCUT2D eigenvalue weighted by Gasteiger charge is -2.01. The number of carbonyl (C=O) groups is 1. The maximum absolute atomic E-state index is 12.9. The van der Waals surface area contributed by atoms with Gasteiger partial charge in [-0.05, 0) is 18.2 Å². The summed E-state index contributed by atoms with van der Waals surface area (Å²) >= 11 is 0. The lowest BCUT2D eigenvalue weighted by atomic mass is 10.2. The Bertz CT molecular complexity index is 383. The molecule has 1 aromatic rings. The quantitative estimate of drug-likeness (QED) is 0.679. The van der Waals surface area contributed by atoms with Crippen LogP contribution in [0.2, 0.25) is 0 Å². The highest BCUT2D eigenvalue weighted by Crippen LogP contribution is 2.13. The highest BCUT2D eigenvalue weighted by molar-refractivity contribution is 5.87. The van der Waals surface area contributed by atoms with Crippen LogP contribution >= 0.6 is 0 Å². The third-order valence-corrected chi connectivity index (χ3v) is 1.36. The van der Waals surface area contributed by atoms with Crippen molar-refractivity contribution in [1.82, 2.24) is 0 Å². The normalized spacial score (nSPS) is 8.92. The van der Waals surface area contributed by atoms with Crippen molar-refractivity contribution in [3.63, 3.8) is 0 Å². The number of nitrogens with zero attached hydrogens (tertiary/aromatic N) is 1. The van der Waals surface area contributed by atoms with Crippen LogP contribution < -0.4 is 11.1 Å². The van der Waals surface area contributed by atoms with Crippen LogP contribution in [-0.2, 0) is 0 Å². The van der Waals surface area contributed by atoms with E-state index in [9.17, 15) is 9.18 Å². The Morgan fingerprint density at radius 3 is 2.77 bits per heavy atom. The fourth-order valence-electron chi connectivity index (χ4n) is 0.826. The van der Waals surface area contributed by atoms with Crippen LogP contribution in [-0.4, -0.2) is 6.03 Å². The minimum atomic E-state index is -0.774. The lowest BCUT2D eigenvalue weighted by Crippen LogP contribution is -2.19. The maximum atomic E-state index is 12.9. The Kier molecular flexibility index (Phi) is 2.45. The Morgan fingerprint density at radius 2 is 2.31 bits per heavy atom. The second kappa shape index (κ2) is 3.54. The summed E-state index contributed by atoms with van der Waals surface area (Å²) in [4.78, 5) is 10.4. The molecule has 0 bridgehead atoms. The number of urea groups is 1. The number of nitrogens with one attached hydrogen (secondary N) is 1. The molecule has 1 aromatic carbocycles. The predicted octanol–water partition coefficient (Wildman–Crippen LogP) is 1.19. The van der Waals surface area contributed by atoms with E-state index in [2.05, 4.69) is 5.32 Å². The molecule has 0 spiro atoms. The molecule has 2 amide bonds. The van der Waals surface area contributed by atoms with Crippen LogP contribution in [0.15, 0.2) is 18.2 Å². The molecule has 66 valence electrons. The van der Waals surface area contributed by atoms with E-state index < -0.39 is 11.8 Å².